The van der Waals surface area contributed by atoms with Gasteiger partial charge in [-0.1, -0.05) is 30.3 Å². The summed E-state index contributed by atoms with van der Waals surface area (Å²) in [6.45, 7) is -0.0694. The summed E-state index contributed by atoms with van der Waals surface area (Å²) in [5.41, 5.74) is 2.77. The highest BCUT2D eigenvalue weighted by Gasteiger charge is 2.13. The van der Waals surface area contributed by atoms with Gasteiger partial charge in [-0.3, -0.25) is 4.79 Å². The molecule has 0 saturated carbocycles. The molecule has 0 fully saturated rings. The Morgan fingerprint density at radius 1 is 1.14 bits per heavy atom. The molecule has 21 heavy (non-hydrogen) atoms. The number of fused-ring (bicyclic) bond motifs is 1. The smallest absolute Gasteiger partial charge is 0.323 e. The van der Waals surface area contributed by atoms with E-state index in [9.17, 15) is 9.90 Å². The van der Waals surface area contributed by atoms with Crippen molar-refractivity contribution in [2.24, 2.45) is 0 Å². The van der Waals surface area contributed by atoms with Crippen molar-refractivity contribution in [2.75, 3.05) is 7.11 Å². The average Bonchev–Trinajstić information content (AvgIpc) is 2.85. The molecule has 0 spiro atoms. The Morgan fingerprint density at radius 2 is 1.90 bits per heavy atom. The normalized spacial score (nSPS) is 10.7. The predicted octanol–water partition coefficient (Wildman–Crippen LogP) is 3.40. The minimum Gasteiger partial charge on any atom is -0.497 e. The lowest BCUT2D eigenvalue weighted by molar-refractivity contribution is -0.137. The molecule has 106 valence electrons. The van der Waals surface area contributed by atoms with Gasteiger partial charge in [-0.25, -0.2) is 0 Å². The molecule has 3 rings (SSSR count). The van der Waals surface area contributed by atoms with Crippen molar-refractivity contribution in [2.45, 2.75) is 6.54 Å². The van der Waals surface area contributed by atoms with Crippen molar-refractivity contribution >= 4 is 16.9 Å². The van der Waals surface area contributed by atoms with Crippen molar-refractivity contribution in [1.82, 2.24) is 4.57 Å². The Morgan fingerprint density at radius 3 is 2.57 bits per heavy atom. The third-order valence-electron chi connectivity index (χ3n) is 3.47. The highest BCUT2D eigenvalue weighted by Crippen LogP contribution is 2.30. The molecule has 0 bridgehead atoms. The van der Waals surface area contributed by atoms with Crippen LogP contribution in [0.3, 0.4) is 0 Å². The van der Waals surface area contributed by atoms with E-state index in [1.165, 1.54) is 0 Å². The molecule has 1 aromatic heterocycles. The van der Waals surface area contributed by atoms with Gasteiger partial charge in [0.2, 0.25) is 0 Å². The Hall–Kier alpha value is -2.75. The quantitative estimate of drug-likeness (QED) is 0.797. The van der Waals surface area contributed by atoms with Gasteiger partial charge in [0.05, 0.1) is 7.11 Å². The summed E-state index contributed by atoms with van der Waals surface area (Å²) < 4.78 is 7.04. The van der Waals surface area contributed by atoms with Gasteiger partial charge >= 0.3 is 5.97 Å². The van der Waals surface area contributed by atoms with Gasteiger partial charge in [-0.2, -0.15) is 0 Å². The summed E-state index contributed by atoms with van der Waals surface area (Å²) in [5.74, 6) is -0.102. The number of carboxylic acid groups (broad SMARTS) is 1. The summed E-state index contributed by atoms with van der Waals surface area (Å²) >= 11 is 0. The van der Waals surface area contributed by atoms with Crippen molar-refractivity contribution in [3.63, 3.8) is 0 Å². The number of hydrogen-bond acceptors (Lipinski definition) is 2. The Bertz CT molecular complexity index is 790. The minimum absolute atomic E-state index is 0.0694. The van der Waals surface area contributed by atoms with Crippen LogP contribution in [0.4, 0.5) is 0 Å². The first kappa shape index (κ1) is 13.2. The third-order valence-corrected chi connectivity index (χ3v) is 3.47. The summed E-state index contributed by atoms with van der Waals surface area (Å²) in [6.07, 6.45) is 0. The number of rotatable bonds is 4. The molecule has 0 aliphatic carbocycles. The Labute approximate surface area is 122 Å². The first-order valence-electron chi connectivity index (χ1n) is 6.63. The van der Waals surface area contributed by atoms with E-state index in [4.69, 9.17) is 4.74 Å². The molecule has 0 unspecified atom stereocenters. The minimum atomic E-state index is -0.861. The number of aliphatic carboxylic acids is 1. The van der Waals surface area contributed by atoms with Crippen LogP contribution in [0.2, 0.25) is 0 Å². The molecular formula is C17H15NO3. The fourth-order valence-electron chi connectivity index (χ4n) is 2.53. The molecular weight excluding hydrogens is 266 g/mol. The summed E-state index contributed by atoms with van der Waals surface area (Å²) in [6, 6.07) is 17.4. The molecule has 4 nitrogen and oxygen atoms in total. The number of methoxy groups -OCH3 is 1. The van der Waals surface area contributed by atoms with E-state index in [-0.39, 0.29) is 6.54 Å². The molecule has 0 saturated heterocycles. The van der Waals surface area contributed by atoms with Gasteiger partial charge in [0.1, 0.15) is 12.3 Å². The Balaban J connectivity index is 2.24. The van der Waals surface area contributed by atoms with Gasteiger partial charge in [-0.05, 0) is 29.8 Å². The van der Waals surface area contributed by atoms with Crippen LogP contribution in [-0.2, 0) is 11.3 Å². The lowest BCUT2D eigenvalue weighted by atomic mass is 10.1. The van der Waals surface area contributed by atoms with Crippen LogP contribution in [0.25, 0.3) is 22.2 Å². The van der Waals surface area contributed by atoms with Crippen molar-refractivity contribution < 1.29 is 14.6 Å². The zero-order valence-electron chi connectivity index (χ0n) is 11.6. The number of hydrogen-bond donors (Lipinski definition) is 1. The molecule has 0 aliphatic heterocycles. The first-order chi connectivity index (χ1) is 10.2. The largest absolute Gasteiger partial charge is 0.497 e. The predicted molar refractivity (Wildman–Crippen MR) is 81.6 cm³/mol. The highest BCUT2D eigenvalue weighted by molar-refractivity contribution is 5.89. The van der Waals surface area contributed by atoms with Crippen molar-refractivity contribution in [3.8, 4) is 17.0 Å². The van der Waals surface area contributed by atoms with E-state index >= 15 is 0 Å². The van der Waals surface area contributed by atoms with E-state index < -0.39 is 5.97 Å². The van der Waals surface area contributed by atoms with E-state index in [0.29, 0.717) is 0 Å². The number of benzene rings is 2. The highest BCUT2D eigenvalue weighted by atomic mass is 16.5. The van der Waals surface area contributed by atoms with Crippen LogP contribution in [0, 0.1) is 0 Å². The first-order valence-corrected chi connectivity index (χ1v) is 6.63. The second-order valence-corrected chi connectivity index (χ2v) is 4.80. The number of nitrogens with zero attached hydrogens (tertiary/aromatic N) is 1. The molecule has 0 atom stereocenters. The summed E-state index contributed by atoms with van der Waals surface area (Å²) in [7, 11) is 1.62. The van der Waals surface area contributed by atoms with Gasteiger partial charge in [0, 0.05) is 16.6 Å². The monoisotopic (exact) mass is 281 g/mol. The number of carbonyl (C=O) groups is 1. The van der Waals surface area contributed by atoms with Crippen LogP contribution >= 0.6 is 0 Å². The van der Waals surface area contributed by atoms with Crippen LogP contribution in [-0.4, -0.2) is 22.8 Å². The number of ether oxygens (including phenoxy) is 1. The lowest BCUT2D eigenvalue weighted by Gasteiger charge is -2.08. The molecule has 1 N–H and O–H groups in total. The van der Waals surface area contributed by atoms with E-state index in [1.807, 2.05) is 59.2 Å². The van der Waals surface area contributed by atoms with Crippen LogP contribution in [0.15, 0.2) is 54.6 Å². The number of carboxylic acids is 1. The molecule has 0 aliphatic rings. The van der Waals surface area contributed by atoms with Gasteiger partial charge in [-0.15, -0.1) is 0 Å². The Kier molecular flexibility index (Phi) is 3.36. The molecule has 0 amide bonds. The van der Waals surface area contributed by atoms with E-state index in [1.54, 1.807) is 7.11 Å². The maximum absolute atomic E-state index is 11.2. The maximum Gasteiger partial charge on any atom is 0.323 e. The number of aromatic nitrogens is 1. The van der Waals surface area contributed by atoms with Crippen LogP contribution in [0.5, 0.6) is 5.75 Å². The van der Waals surface area contributed by atoms with Crippen LogP contribution in [0.1, 0.15) is 0 Å². The second kappa shape index (κ2) is 5.32. The average molecular weight is 281 g/mol. The molecule has 1 heterocycles. The zero-order chi connectivity index (χ0) is 14.8. The van der Waals surface area contributed by atoms with Gasteiger partial charge < -0.3 is 14.4 Å². The maximum atomic E-state index is 11.2. The molecule has 4 heteroatoms. The summed E-state index contributed by atoms with van der Waals surface area (Å²) in [5, 5.41) is 10.1. The zero-order valence-corrected chi connectivity index (χ0v) is 11.6. The third kappa shape index (κ3) is 2.48. The van der Waals surface area contributed by atoms with Crippen molar-refractivity contribution in [1.29, 1.82) is 0 Å². The lowest BCUT2D eigenvalue weighted by Crippen LogP contribution is -2.09. The second-order valence-electron chi connectivity index (χ2n) is 4.80. The van der Waals surface area contributed by atoms with Crippen molar-refractivity contribution in [3.05, 3.63) is 54.6 Å². The topological polar surface area (TPSA) is 51.5 Å². The van der Waals surface area contributed by atoms with Crippen LogP contribution < -0.4 is 4.74 Å². The van der Waals surface area contributed by atoms with E-state index in [2.05, 4.69) is 0 Å². The standard InChI is InChI=1S/C17H15NO3/c1-21-14-7-8-15-13(9-14)10-16(18(15)11-17(19)20)12-5-3-2-4-6-12/h2-10H,11H2,1H3,(H,19,20). The molecule has 0 radical (unpaired) electrons. The molecule has 2 aromatic carbocycles. The van der Waals surface area contributed by atoms with E-state index in [0.717, 1.165) is 27.9 Å². The van der Waals surface area contributed by atoms with Gasteiger partial charge in [0.15, 0.2) is 0 Å². The fourth-order valence-corrected chi connectivity index (χ4v) is 2.53. The molecule has 3 aromatic rings. The summed E-state index contributed by atoms with van der Waals surface area (Å²) in [4.78, 5) is 11.2. The SMILES string of the molecule is COc1ccc2c(c1)cc(-c1ccccc1)n2CC(=O)O. The fraction of sp³-hybridized carbons (Fsp3) is 0.118. The van der Waals surface area contributed by atoms with Gasteiger partial charge in [0.25, 0.3) is 0 Å².